The van der Waals surface area contributed by atoms with Gasteiger partial charge in [-0.15, -0.1) is 0 Å². The summed E-state index contributed by atoms with van der Waals surface area (Å²) in [6.45, 7) is 5.76. The van der Waals surface area contributed by atoms with E-state index in [4.69, 9.17) is 0 Å². The van der Waals surface area contributed by atoms with Crippen LogP contribution in [0.4, 0.5) is 5.69 Å². The molecule has 5 heteroatoms. The number of anilines is 1. The van der Waals surface area contributed by atoms with E-state index in [2.05, 4.69) is 27.0 Å². The van der Waals surface area contributed by atoms with Gasteiger partial charge in [0, 0.05) is 55.7 Å². The van der Waals surface area contributed by atoms with Crippen molar-refractivity contribution >= 4 is 11.6 Å². The van der Waals surface area contributed by atoms with Crippen molar-refractivity contribution in [2.45, 2.75) is 38.5 Å². The molecule has 1 aromatic heterocycles. The van der Waals surface area contributed by atoms with Gasteiger partial charge in [0.05, 0.1) is 11.4 Å². The summed E-state index contributed by atoms with van der Waals surface area (Å²) in [5.74, 6) is 0.409. The highest BCUT2D eigenvalue weighted by molar-refractivity contribution is 5.94. The summed E-state index contributed by atoms with van der Waals surface area (Å²) in [7, 11) is 0. The van der Waals surface area contributed by atoms with Crippen molar-refractivity contribution in [1.29, 1.82) is 0 Å². The maximum absolute atomic E-state index is 13.0. The van der Waals surface area contributed by atoms with Crippen LogP contribution in [0.5, 0.6) is 0 Å². The van der Waals surface area contributed by atoms with Crippen molar-refractivity contribution in [3.63, 3.8) is 0 Å². The molecule has 136 valence electrons. The van der Waals surface area contributed by atoms with Gasteiger partial charge in [-0.2, -0.15) is 0 Å². The zero-order valence-electron chi connectivity index (χ0n) is 15.4. The molecule has 1 amide bonds. The number of hydrogen-bond donors (Lipinski definition) is 0. The molecule has 2 aromatic rings. The second-order valence-electron chi connectivity index (χ2n) is 7.42. The van der Waals surface area contributed by atoms with E-state index < -0.39 is 0 Å². The van der Waals surface area contributed by atoms with E-state index in [1.807, 2.05) is 30.2 Å². The lowest BCUT2D eigenvalue weighted by atomic mass is 9.94. The summed E-state index contributed by atoms with van der Waals surface area (Å²) in [6.07, 6.45) is 8.22. The molecule has 2 aliphatic rings. The van der Waals surface area contributed by atoms with Crippen LogP contribution in [0, 0.1) is 6.92 Å². The van der Waals surface area contributed by atoms with Crippen LogP contribution in [0.15, 0.2) is 36.7 Å². The van der Waals surface area contributed by atoms with Crippen molar-refractivity contribution in [2.75, 3.05) is 31.1 Å². The van der Waals surface area contributed by atoms with Crippen molar-refractivity contribution in [2.24, 2.45) is 0 Å². The molecule has 3 heterocycles. The molecule has 2 aliphatic heterocycles. The number of carbonyl (C=O) groups excluding carboxylic acids is 1. The van der Waals surface area contributed by atoms with Gasteiger partial charge in [0.1, 0.15) is 0 Å². The molecule has 0 bridgehead atoms. The quantitative estimate of drug-likeness (QED) is 0.851. The smallest absolute Gasteiger partial charge is 0.253 e. The number of likely N-dealkylation sites (tertiary alicyclic amines) is 1. The third kappa shape index (κ3) is 3.57. The van der Waals surface area contributed by atoms with Crippen LogP contribution in [-0.2, 0) is 0 Å². The maximum Gasteiger partial charge on any atom is 0.253 e. The normalized spacial score (nSPS) is 20.4. The van der Waals surface area contributed by atoms with Gasteiger partial charge in [-0.1, -0.05) is 0 Å². The molecule has 0 radical (unpaired) electrons. The number of benzene rings is 1. The molecule has 2 saturated heterocycles. The van der Waals surface area contributed by atoms with Crippen LogP contribution in [0.3, 0.4) is 0 Å². The summed E-state index contributed by atoms with van der Waals surface area (Å²) in [4.78, 5) is 26.2. The molecule has 5 nitrogen and oxygen atoms in total. The van der Waals surface area contributed by atoms with Crippen LogP contribution in [0.1, 0.15) is 53.3 Å². The van der Waals surface area contributed by atoms with E-state index in [9.17, 15) is 4.79 Å². The van der Waals surface area contributed by atoms with E-state index in [1.165, 1.54) is 18.5 Å². The Hall–Kier alpha value is -2.43. The number of piperidine rings is 1. The highest BCUT2D eigenvalue weighted by Gasteiger charge is 2.26. The molecule has 1 atom stereocenters. The standard InChI is InChI=1S/C21H26N4O/c1-16-13-22-14-20(23-16)18-5-4-12-25(15-18)21(26)17-6-8-19(9-7-17)24-10-2-3-11-24/h6-9,13-14,18H,2-5,10-12,15H2,1H3/t18-/m0/s1. The molecule has 1 aromatic carbocycles. The predicted octanol–water partition coefficient (Wildman–Crippen LogP) is 3.41. The van der Waals surface area contributed by atoms with Crippen molar-refractivity contribution < 1.29 is 4.79 Å². The van der Waals surface area contributed by atoms with Gasteiger partial charge >= 0.3 is 0 Å². The van der Waals surface area contributed by atoms with Crippen LogP contribution in [-0.4, -0.2) is 47.0 Å². The second-order valence-corrected chi connectivity index (χ2v) is 7.42. The van der Waals surface area contributed by atoms with E-state index in [0.29, 0.717) is 0 Å². The number of rotatable bonds is 3. The minimum Gasteiger partial charge on any atom is -0.372 e. The van der Waals surface area contributed by atoms with Crippen LogP contribution < -0.4 is 4.90 Å². The van der Waals surface area contributed by atoms with Gasteiger partial charge in [-0.25, -0.2) is 0 Å². The zero-order chi connectivity index (χ0) is 17.9. The summed E-state index contributed by atoms with van der Waals surface area (Å²) in [5, 5.41) is 0. The molecular weight excluding hydrogens is 324 g/mol. The molecular formula is C21H26N4O. The van der Waals surface area contributed by atoms with Crippen molar-refractivity contribution in [3.05, 3.63) is 53.6 Å². The molecule has 0 N–H and O–H groups in total. The molecule has 0 unspecified atom stereocenters. The first kappa shape index (κ1) is 17.0. The number of nitrogens with zero attached hydrogens (tertiary/aromatic N) is 4. The Labute approximate surface area is 155 Å². The average molecular weight is 350 g/mol. The molecule has 0 saturated carbocycles. The Balaban J connectivity index is 1.45. The highest BCUT2D eigenvalue weighted by atomic mass is 16.2. The SMILES string of the molecule is Cc1cncc([C@H]2CCCN(C(=O)c3ccc(N4CCCC4)cc3)C2)n1. The zero-order valence-corrected chi connectivity index (χ0v) is 15.4. The lowest BCUT2D eigenvalue weighted by Crippen LogP contribution is -2.39. The van der Waals surface area contributed by atoms with E-state index in [0.717, 1.165) is 56.0 Å². The van der Waals surface area contributed by atoms with Gasteiger partial charge in [0.2, 0.25) is 0 Å². The predicted molar refractivity (Wildman–Crippen MR) is 103 cm³/mol. The van der Waals surface area contributed by atoms with Gasteiger partial charge in [0.15, 0.2) is 0 Å². The minimum atomic E-state index is 0.128. The molecule has 2 fully saturated rings. The fourth-order valence-electron chi connectivity index (χ4n) is 4.06. The van der Waals surface area contributed by atoms with Crippen molar-refractivity contribution in [3.8, 4) is 0 Å². The maximum atomic E-state index is 13.0. The summed E-state index contributed by atoms with van der Waals surface area (Å²) in [5.41, 5.74) is 3.95. The van der Waals surface area contributed by atoms with Crippen LogP contribution in [0.25, 0.3) is 0 Å². The fraction of sp³-hybridized carbons (Fsp3) is 0.476. The second kappa shape index (κ2) is 7.44. The van der Waals surface area contributed by atoms with Crippen LogP contribution >= 0.6 is 0 Å². The lowest BCUT2D eigenvalue weighted by Gasteiger charge is -2.32. The number of aromatic nitrogens is 2. The number of aryl methyl sites for hydroxylation is 1. The Morgan fingerprint density at radius 1 is 1.04 bits per heavy atom. The van der Waals surface area contributed by atoms with E-state index in [1.54, 1.807) is 6.20 Å². The van der Waals surface area contributed by atoms with Gasteiger partial charge in [0.25, 0.3) is 5.91 Å². The topological polar surface area (TPSA) is 49.3 Å². The minimum absolute atomic E-state index is 0.128. The molecule has 0 spiro atoms. The third-order valence-corrected chi connectivity index (χ3v) is 5.49. The fourth-order valence-corrected chi connectivity index (χ4v) is 4.06. The first-order chi connectivity index (χ1) is 12.7. The van der Waals surface area contributed by atoms with Gasteiger partial charge in [-0.3, -0.25) is 14.8 Å². The Kier molecular flexibility index (Phi) is 4.87. The van der Waals surface area contributed by atoms with E-state index in [-0.39, 0.29) is 11.8 Å². The van der Waals surface area contributed by atoms with Gasteiger partial charge < -0.3 is 9.80 Å². The number of amides is 1. The summed E-state index contributed by atoms with van der Waals surface area (Å²) >= 11 is 0. The Morgan fingerprint density at radius 2 is 1.81 bits per heavy atom. The largest absolute Gasteiger partial charge is 0.372 e. The first-order valence-corrected chi connectivity index (χ1v) is 9.63. The highest BCUT2D eigenvalue weighted by Crippen LogP contribution is 2.27. The molecule has 26 heavy (non-hydrogen) atoms. The molecule has 0 aliphatic carbocycles. The average Bonchev–Trinajstić information content (AvgIpc) is 3.22. The third-order valence-electron chi connectivity index (χ3n) is 5.49. The Morgan fingerprint density at radius 3 is 2.54 bits per heavy atom. The Bertz CT molecular complexity index is 768. The summed E-state index contributed by atoms with van der Waals surface area (Å²) in [6, 6.07) is 8.14. The summed E-state index contributed by atoms with van der Waals surface area (Å²) < 4.78 is 0. The van der Waals surface area contributed by atoms with E-state index >= 15 is 0 Å². The lowest BCUT2D eigenvalue weighted by molar-refractivity contribution is 0.0706. The first-order valence-electron chi connectivity index (χ1n) is 9.63. The van der Waals surface area contributed by atoms with Gasteiger partial charge in [-0.05, 0) is 56.9 Å². The van der Waals surface area contributed by atoms with Crippen molar-refractivity contribution in [1.82, 2.24) is 14.9 Å². The monoisotopic (exact) mass is 350 g/mol. The molecule has 4 rings (SSSR count). The van der Waals surface area contributed by atoms with Crippen LogP contribution in [0.2, 0.25) is 0 Å². The number of carbonyl (C=O) groups is 1. The number of hydrogen-bond acceptors (Lipinski definition) is 4.